The molecular weight excluding hydrogens is 344 g/mol. The number of carbonyl (C=O) groups excluding carboxylic acids is 1. The lowest BCUT2D eigenvalue weighted by Gasteiger charge is -2.12. The molecule has 0 aliphatic rings. The third-order valence-corrected chi connectivity index (χ3v) is 3.71. The molecule has 1 heterocycles. The van der Waals surface area contributed by atoms with Crippen molar-refractivity contribution in [1.29, 1.82) is 0 Å². The average molecular weight is 372 g/mol. The van der Waals surface area contributed by atoms with Gasteiger partial charge in [-0.25, -0.2) is 0 Å². The van der Waals surface area contributed by atoms with E-state index in [2.05, 4.69) is 20.9 Å². The molecule has 0 radical (unpaired) electrons. The molecular formula is C20H28N4O3. The minimum absolute atomic E-state index is 0.190. The van der Waals surface area contributed by atoms with Gasteiger partial charge >= 0.3 is 0 Å². The predicted molar refractivity (Wildman–Crippen MR) is 106 cm³/mol. The SMILES string of the molecule is CCNC(=NCCCNC(=O)c1occc1C)NCCOc1ccccc1. The second kappa shape index (κ2) is 11.6. The van der Waals surface area contributed by atoms with Gasteiger partial charge in [0.25, 0.3) is 5.91 Å². The third kappa shape index (κ3) is 7.43. The molecule has 0 aliphatic carbocycles. The first-order valence-electron chi connectivity index (χ1n) is 9.23. The van der Waals surface area contributed by atoms with Gasteiger partial charge in [0.05, 0.1) is 12.8 Å². The molecule has 2 aromatic rings. The topological polar surface area (TPSA) is 87.9 Å². The van der Waals surface area contributed by atoms with Gasteiger partial charge in [-0.15, -0.1) is 0 Å². The zero-order valence-electron chi connectivity index (χ0n) is 16.0. The standard InChI is InChI=1S/C20H28N4O3/c1-3-21-20(24-13-15-26-17-8-5-4-6-9-17)23-12-7-11-22-19(25)18-16(2)10-14-27-18/h4-6,8-10,14H,3,7,11-13,15H2,1-2H3,(H,22,25)(H2,21,23,24). The Hall–Kier alpha value is -2.96. The Balaban J connectivity index is 1.64. The monoisotopic (exact) mass is 372 g/mol. The van der Waals surface area contributed by atoms with E-state index in [1.807, 2.05) is 44.2 Å². The molecule has 146 valence electrons. The number of aliphatic imine (C=N–C) groups is 1. The maximum Gasteiger partial charge on any atom is 0.287 e. The highest BCUT2D eigenvalue weighted by atomic mass is 16.5. The second-order valence-electron chi connectivity index (χ2n) is 5.89. The number of carbonyl (C=O) groups is 1. The zero-order chi connectivity index (χ0) is 19.3. The van der Waals surface area contributed by atoms with Crippen molar-refractivity contribution in [2.45, 2.75) is 20.3 Å². The molecule has 7 heteroatoms. The third-order valence-electron chi connectivity index (χ3n) is 3.71. The number of guanidine groups is 1. The van der Waals surface area contributed by atoms with E-state index in [0.29, 0.717) is 32.0 Å². The molecule has 0 aliphatic heterocycles. The van der Waals surface area contributed by atoms with E-state index in [4.69, 9.17) is 9.15 Å². The Bertz CT molecular complexity index is 713. The molecule has 0 atom stereocenters. The molecule has 0 fully saturated rings. The Kier molecular flexibility index (Phi) is 8.76. The highest BCUT2D eigenvalue weighted by Crippen LogP contribution is 2.08. The van der Waals surface area contributed by atoms with E-state index in [1.165, 1.54) is 6.26 Å². The van der Waals surface area contributed by atoms with Crippen LogP contribution in [-0.4, -0.2) is 44.7 Å². The maximum absolute atomic E-state index is 11.9. The van der Waals surface area contributed by atoms with Gasteiger partial charge in [0.15, 0.2) is 11.7 Å². The molecule has 1 aromatic carbocycles. The molecule has 27 heavy (non-hydrogen) atoms. The molecule has 1 amide bonds. The van der Waals surface area contributed by atoms with E-state index >= 15 is 0 Å². The van der Waals surface area contributed by atoms with Crippen LogP contribution in [-0.2, 0) is 0 Å². The van der Waals surface area contributed by atoms with E-state index in [0.717, 1.165) is 30.2 Å². The van der Waals surface area contributed by atoms with Crippen molar-refractivity contribution in [2.75, 3.05) is 32.8 Å². The smallest absolute Gasteiger partial charge is 0.287 e. The van der Waals surface area contributed by atoms with Gasteiger partial charge in [0, 0.05) is 25.2 Å². The van der Waals surface area contributed by atoms with Crippen molar-refractivity contribution in [3.63, 3.8) is 0 Å². The van der Waals surface area contributed by atoms with Gasteiger partial charge in [-0.3, -0.25) is 9.79 Å². The van der Waals surface area contributed by atoms with Crippen LogP contribution in [0.15, 0.2) is 52.1 Å². The quantitative estimate of drug-likeness (QED) is 0.338. The minimum Gasteiger partial charge on any atom is -0.492 e. The number of para-hydroxylation sites is 1. The number of furan rings is 1. The Morgan fingerprint density at radius 3 is 2.63 bits per heavy atom. The predicted octanol–water partition coefficient (Wildman–Crippen LogP) is 2.34. The number of nitrogens with zero attached hydrogens (tertiary/aromatic N) is 1. The van der Waals surface area contributed by atoms with Crippen molar-refractivity contribution in [3.8, 4) is 5.75 Å². The number of amides is 1. The van der Waals surface area contributed by atoms with Gasteiger partial charge in [-0.1, -0.05) is 18.2 Å². The number of benzene rings is 1. The van der Waals surface area contributed by atoms with Gasteiger partial charge < -0.3 is 25.1 Å². The molecule has 1 aromatic heterocycles. The van der Waals surface area contributed by atoms with Crippen LogP contribution in [0.1, 0.15) is 29.5 Å². The fraction of sp³-hybridized carbons (Fsp3) is 0.400. The zero-order valence-corrected chi connectivity index (χ0v) is 16.0. The first kappa shape index (κ1) is 20.4. The van der Waals surface area contributed by atoms with E-state index in [1.54, 1.807) is 6.07 Å². The molecule has 2 rings (SSSR count). The summed E-state index contributed by atoms with van der Waals surface area (Å²) in [6, 6.07) is 11.5. The van der Waals surface area contributed by atoms with Crippen LogP contribution in [0.4, 0.5) is 0 Å². The molecule has 0 unspecified atom stereocenters. The van der Waals surface area contributed by atoms with Crippen LogP contribution in [0.2, 0.25) is 0 Å². The molecule has 0 saturated heterocycles. The number of aryl methyl sites for hydroxylation is 1. The number of hydrogen-bond donors (Lipinski definition) is 3. The van der Waals surface area contributed by atoms with E-state index in [9.17, 15) is 4.79 Å². The Morgan fingerprint density at radius 1 is 1.11 bits per heavy atom. The first-order chi connectivity index (χ1) is 13.2. The van der Waals surface area contributed by atoms with Crippen molar-refractivity contribution >= 4 is 11.9 Å². The number of nitrogens with one attached hydrogen (secondary N) is 3. The summed E-state index contributed by atoms with van der Waals surface area (Å²) in [5.41, 5.74) is 0.835. The maximum atomic E-state index is 11.9. The first-order valence-corrected chi connectivity index (χ1v) is 9.23. The van der Waals surface area contributed by atoms with Gasteiger partial charge in [0.1, 0.15) is 12.4 Å². The fourth-order valence-electron chi connectivity index (χ4n) is 2.35. The van der Waals surface area contributed by atoms with Crippen LogP contribution in [0, 0.1) is 6.92 Å². The summed E-state index contributed by atoms with van der Waals surface area (Å²) in [7, 11) is 0. The summed E-state index contributed by atoms with van der Waals surface area (Å²) >= 11 is 0. The summed E-state index contributed by atoms with van der Waals surface area (Å²) in [5, 5.41) is 9.26. The Labute approximate surface area is 160 Å². The average Bonchev–Trinajstić information content (AvgIpc) is 3.11. The summed E-state index contributed by atoms with van der Waals surface area (Å²) in [6.07, 6.45) is 2.26. The lowest BCUT2D eigenvalue weighted by molar-refractivity contribution is 0.0925. The van der Waals surface area contributed by atoms with E-state index in [-0.39, 0.29) is 5.91 Å². The molecule has 0 spiro atoms. The highest BCUT2D eigenvalue weighted by molar-refractivity contribution is 5.92. The molecule has 7 nitrogen and oxygen atoms in total. The molecule has 0 bridgehead atoms. The summed E-state index contributed by atoms with van der Waals surface area (Å²) in [6.45, 7) is 6.98. The number of rotatable bonds is 10. The lowest BCUT2D eigenvalue weighted by Crippen LogP contribution is -2.39. The van der Waals surface area contributed by atoms with Crippen LogP contribution >= 0.6 is 0 Å². The van der Waals surface area contributed by atoms with Crippen molar-refractivity contribution in [2.24, 2.45) is 4.99 Å². The van der Waals surface area contributed by atoms with Gasteiger partial charge in [-0.05, 0) is 38.5 Å². The van der Waals surface area contributed by atoms with Crippen LogP contribution in [0.3, 0.4) is 0 Å². The summed E-state index contributed by atoms with van der Waals surface area (Å²) in [4.78, 5) is 16.4. The fourth-order valence-corrected chi connectivity index (χ4v) is 2.35. The highest BCUT2D eigenvalue weighted by Gasteiger charge is 2.11. The van der Waals surface area contributed by atoms with Crippen LogP contribution < -0.4 is 20.7 Å². The lowest BCUT2D eigenvalue weighted by atomic mass is 10.2. The van der Waals surface area contributed by atoms with Crippen molar-refractivity contribution < 1.29 is 13.9 Å². The summed E-state index contributed by atoms with van der Waals surface area (Å²) < 4.78 is 10.8. The second-order valence-corrected chi connectivity index (χ2v) is 5.89. The van der Waals surface area contributed by atoms with Gasteiger partial charge in [0.2, 0.25) is 0 Å². The van der Waals surface area contributed by atoms with Crippen LogP contribution in [0.25, 0.3) is 0 Å². The van der Waals surface area contributed by atoms with Crippen molar-refractivity contribution in [3.05, 3.63) is 54.0 Å². The normalized spacial score (nSPS) is 11.1. The number of ether oxygens (including phenoxy) is 1. The van der Waals surface area contributed by atoms with Crippen molar-refractivity contribution in [1.82, 2.24) is 16.0 Å². The largest absolute Gasteiger partial charge is 0.492 e. The Morgan fingerprint density at radius 2 is 1.93 bits per heavy atom. The van der Waals surface area contributed by atoms with E-state index < -0.39 is 0 Å². The summed E-state index contributed by atoms with van der Waals surface area (Å²) in [5.74, 6) is 1.77. The molecule has 0 saturated carbocycles. The number of hydrogen-bond acceptors (Lipinski definition) is 4. The minimum atomic E-state index is -0.190. The van der Waals surface area contributed by atoms with Gasteiger partial charge in [-0.2, -0.15) is 0 Å². The van der Waals surface area contributed by atoms with Crippen LogP contribution in [0.5, 0.6) is 5.75 Å². The molecule has 3 N–H and O–H groups in total.